The third kappa shape index (κ3) is 6.74. The SMILES string of the molecule is CC(=O)NC1CCc2[nH]c3cc(OCCNCC(O)c4cccc(NS(C)(=O)=O)c4)ccc3c2C1. The van der Waals surface area contributed by atoms with E-state index in [0.717, 1.165) is 42.2 Å². The fourth-order valence-corrected chi connectivity index (χ4v) is 5.08. The second-order valence-electron chi connectivity index (χ2n) is 9.00. The Labute approximate surface area is 205 Å². The highest BCUT2D eigenvalue weighted by Crippen LogP contribution is 2.31. The number of sulfonamides is 1. The van der Waals surface area contributed by atoms with E-state index >= 15 is 0 Å². The van der Waals surface area contributed by atoms with Crippen molar-refractivity contribution in [3.05, 3.63) is 59.3 Å². The zero-order valence-electron chi connectivity index (χ0n) is 19.9. The Kier molecular flexibility index (Phi) is 7.63. The molecule has 1 aliphatic carbocycles. The van der Waals surface area contributed by atoms with E-state index in [9.17, 15) is 18.3 Å². The molecular formula is C25H32N4O5S. The van der Waals surface area contributed by atoms with Gasteiger partial charge in [0.2, 0.25) is 15.9 Å². The molecule has 2 unspecified atom stereocenters. The Balaban J connectivity index is 1.26. The van der Waals surface area contributed by atoms with E-state index in [1.54, 1.807) is 31.2 Å². The van der Waals surface area contributed by atoms with Crippen molar-refractivity contribution in [1.82, 2.24) is 15.6 Å². The van der Waals surface area contributed by atoms with Crippen LogP contribution < -0.4 is 20.1 Å². The Morgan fingerprint density at radius 1 is 1.26 bits per heavy atom. The molecule has 0 spiro atoms. The van der Waals surface area contributed by atoms with Gasteiger partial charge in [-0.15, -0.1) is 0 Å². The summed E-state index contributed by atoms with van der Waals surface area (Å²) in [6.07, 6.45) is 2.97. The topological polar surface area (TPSA) is 133 Å². The number of benzene rings is 2. The first-order chi connectivity index (χ1) is 16.7. The minimum Gasteiger partial charge on any atom is -0.492 e. The monoisotopic (exact) mass is 500 g/mol. The summed E-state index contributed by atoms with van der Waals surface area (Å²) in [6, 6.07) is 12.9. The smallest absolute Gasteiger partial charge is 0.229 e. The van der Waals surface area contributed by atoms with Crippen LogP contribution in [0.25, 0.3) is 10.9 Å². The summed E-state index contributed by atoms with van der Waals surface area (Å²) >= 11 is 0. The number of aromatic amines is 1. The van der Waals surface area contributed by atoms with Gasteiger partial charge in [-0.2, -0.15) is 0 Å². The molecular weight excluding hydrogens is 468 g/mol. The second-order valence-corrected chi connectivity index (χ2v) is 10.7. The van der Waals surface area contributed by atoms with Crippen molar-refractivity contribution in [1.29, 1.82) is 0 Å². The minimum absolute atomic E-state index is 0.00702. The molecule has 5 N–H and O–H groups in total. The van der Waals surface area contributed by atoms with Crippen molar-refractivity contribution in [2.24, 2.45) is 0 Å². The largest absolute Gasteiger partial charge is 0.492 e. The van der Waals surface area contributed by atoms with Gasteiger partial charge in [-0.3, -0.25) is 9.52 Å². The first-order valence-corrected chi connectivity index (χ1v) is 13.6. The van der Waals surface area contributed by atoms with Crippen molar-refractivity contribution in [2.45, 2.75) is 38.3 Å². The summed E-state index contributed by atoms with van der Waals surface area (Å²) in [7, 11) is -3.37. The average molecular weight is 501 g/mol. The summed E-state index contributed by atoms with van der Waals surface area (Å²) in [5, 5.41) is 17.8. The van der Waals surface area contributed by atoms with Gasteiger partial charge in [-0.05, 0) is 54.7 Å². The van der Waals surface area contributed by atoms with Gasteiger partial charge in [0, 0.05) is 54.4 Å². The van der Waals surface area contributed by atoms with Gasteiger partial charge in [0.05, 0.1) is 12.4 Å². The fourth-order valence-electron chi connectivity index (χ4n) is 4.53. The van der Waals surface area contributed by atoms with Crippen molar-refractivity contribution in [3.8, 4) is 5.75 Å². The number of hydrogen-bond acceptors (Lipinski definition) is 6. The number of aliphatic hydroxyl groups is 1. The fraction of sp³-hybridized carbons (Fsp3) is 0.400. The van der Waals surface area contributed by atoms with Gasteiger partial charge < -0.3 is 25.5 Å². The van der Waals surface area contributed by atoms with Crippen LogP contribution in [0.2, 0.25) is 0 Å². The molecule has 188 valence electrons. The highest BCUT2D eigenvalue weighted by molar-refractivity contribution is 7.92. The van der Waals surface area contributed by atoms with Crippen LogP contribution in [0.1, 0.15) is 36.3 Å². The van der Waals surface area contributed by atoms with Gasteiger partial charge in [-0.25, -0.2) is 8.42 Å². The third-order valence-corrected chi connectivity index (χ3v) is 6.63. The number of carbonyl (C=O) groups excluding carboxylic acids is 1. The van der Waals surface area contributed by atoms with E-state index in [1.807, 2.05) is 12.1 Å². The zero-order chi connectivity index (χ0) is 25.0. The maximum Gasteiger partial charge on any atom is 0.229 e. The number of hydrogen-bond donors (Lipinski definition) is 5. The molecule has 0 aliphatic heterocycles. The van der Waals surface area contributed by atoms with Crippen molar-refractivity contribution in [2.75, 3.05) is 30.7 Å². The molecule has 10 heteroatoms. The normalized spacial score (nSPS) is 16.5. The molecule has 1 aromatic heterocycles. The quantitative estimate of drug-likeness (QED) is 0.271. The van der Waals surface area contributed by atoms with Gasteiger partial charge in [0.1, 0.15) is 12.4 Å². The number of H-pyrrole nitrogens is 1. The van der Waals surface area contributed by atoms with E-state index in [-0.39, 0.29) is 11.9 Å². The van der Waals surface area contributed by atoms with Crippen LogP contribution in [0.4, 0.5) is 5.69 Å². The molecule has 0 radical (unpaired) electrons. The van der Waals surface area contributed by atoms with Gasteiger partial charge in [0.25, 0.3) is 0 Å². The predicted octanol–water partition coefficient (Wildman–Crippen LogP) is 2.23. The lowest BCUT2D eigenvalue weighted by molar-refractivity contribution is -0.119. The molecule has 1 heterocycles. The van der Waals surface area contributed by atoms with Gasteiger partial charge in [0.15, 0.2) is 0 Å². The molecule has 4 rings (SSSR count). The van der Waals surface area contributed by atoms with E-state index in [4.69, 9.17) is 4.74 Å². The molecule has 2 aromatic carbocycles. The van der Waals surface area contributed by atoms with Crippen LogP contribution >= 0.6 is 0 Å². The number of amides is 1. The van der Waals surface area contributed by atoms with E-state index in [2.05, 4.69) is 26.4 Å². The number of aryl methyl sites for hydroxylation is 1. The number of carbonyl (C=O) groups is 1. The number of rotatable bonds is 10. The zero-order valence-corrected chi connectivity index (χ0v) is 20.7. The minimum atomic E-state index is -3.37. The molecule has 0 fully saturated rings. The summed E-state index contributed by atoms with van der Waals surface area (Å²) < 4.78 is 31.1. The molecule has 0 bridgehead atoms. The predicted molar refractivity (Wildman–Crippen MR) is 136 cm³/mol. The first kappa shape index (κ1) is 25.0. The highest BCUT2D eigenvalue weighted by atomic mass is 32.2. The number of aromatic nitrogens is 1. The summed E-state index contributed by atoms with van der Waals surface area (Å²) in [6.45, 7) is 2.83. The Bertz CT molecular complexity index is 1300. The lowest BCUT2D eigenvalue weighted by Gasteiger charge is -2.23. The third-order valence-electron chi connectivity index (χ3n) is 6.03. The second kappa shape index (κ2) is 10.7. The molecule has 1 aliphatic rings. The average Bonchev–Trinajstić information content (AvgIpc) is 3.14. The maximum absolute atomic E-state index is 11.4. The summed E-state index contributed by atoms with van der Waals surface area (Å²) in [5.74, 6) is 0.768. The van der Waals surface area contributed by atoms with Crippen LogP contribution in [0.5, 0.6) is 5.75 Å². The van der Waals surface area contributed by atoms with Gasteiger partial charge >= 0.3 is 0 Å². The van der Waals surface area contributed by atoms with Gasteiger partial charge in [-0.1, -0.05) is 12.1 Å². The molecule has 3 aromatic rings. The maximum atomic E-state index is 11.4. The lowest BCUT2D eigenvalue weighted by atomic mass is 9.91. The van der Waals surface area contributed by atoms with Crippen LogP contribution in [-0.4, -0.2) is 56.4 Å². The lowest BCUT2D eigenvalue weighted by Crippen LogP contribution is -2.37. The molecule has 9 nitrogen and oxygen atoms in total. The van der Waals surface area contributed by atoms with Crippen LogP contribution in [0.3, 0.4) is 0 Å². The van der Waals surface area contributed by atoms with Crippen molar-refractivity contribution >= 4 is 32.5 Å². The van der Waals surface area contributed by atoms with Crippen molar-refractivity contribution in [3.63, 3.8) is 0 Å². The number of nitrogens with one attached hydrogen (secondary N) is 4. The summed E-state index contributed by atoms with van der Waals surface area (Å²) in [4.78, 5) is 14.9. The summed E-state index contributed by atoms with van der Waals surface area (Å²) in [5.41, 5.74) is 4.56. The standard InChI is InChI=1S/C25H32N4O5S/c1-16(30)27-18-6-9-23-22(13-18)21-8-7-20(14-24(21)28-23)34-11-10-26-15-25(31)17-4-3-5-19(12-17)29-35(2,32)33/h3-5,7-8,12,14,18,25-26,28-29,31H,6,9-11,13,15H2,1-2H3,(H,27,30). The number of aliphatic hydroxyl groups excluding tert-OH is 1. The van der Waals surface area contributed by atoms with Crippen molar-refractivity contribution < 1.29 is 23.1 Å². The molecule has 0 saturated carbocycles. The van der Waals surface area contributed by atoms with Crippen LogP contribution in [0, 0.1) is 0 Å². The molecule has 1 amide bonds. The number of anilines is 1. The number of ether oxygens (including phenoxy) is 1. The first-order valence-electron chi connectivity index (χ1n) is 11.7. The molecule has 2 atom stereocenters. The van der Waals surface area contributed by atoms with E-state index in [0.29, 0.717) is 30.9 Å². The number of fused-ring (bicyclic) bond motifs is 3. The Morgan fingerprint density at radius 3 is 2.86 bits per heavy atom. The molecule has 35 heavy (non-hydrogen) atoms. The van der Waals surface area contributed by atoms with E-state index in [1.165, 1.54) is 11.3 Å². The van der Waals surface area contributed by atoms with Crippen LogP contribution in [-0.2, 0) is 27.7 Å². The van der Waals surface area contributed by atoms with Crippen LogP contribution in [0.15, 0.2) is 42.5 Å². The van der Waals surface area contributed by atoms with E-state index < -0.39 is 16.1 Å². The molecule has 0 saturated heterocycles. The Hall–Kier alpha value is -3.08. The highest BCUT2D eigenvalue weighted by Gasteiger charge is 2.23. The Morgan fingerprint density at radius 2 is 2.09 bits per heavy atom.